The Morgan fingerprint density at radius 1 is 0.784 bits per heavy atom. The Labute approximate surface area is 232 Å². The van der Waals surface area contributed by atoms with Gasteiger partial charge in [-0.25, -0.2) is 18.7 Å². The summed E-state index contributed by atoms with van der Waals surface area (Å²) in [7, 11) is 0. The van der Waals surface area contributed by atoms with Crippen LogP contribution in [0.15, 0.2) is 24.5 Å². The Morgan fingerprint density at radius 3 is 1.68 bits per heavy atom. The normalized spacial score (nSPS) is 17.4. The highest BCUT2D eigenvalue weighted by molar-refractivity contribution is 14.1. The van der Waals surface area contributed by atoms with Crippen LogP contribution in [-0.4, -0.2) is 48.5 Å². The van der Waals surface area contributed by atoms with Crippen molar-refractivity contribution in [2.24, 2.45) is 11.8 Å². The molecule has 1 N–H and O–H groups in total. The van der Waals surface area contributed by atoms with Crippen LogP contribution in [0.25, 0.3) is 0 Å². The van der Waals surface area contributed by atoms with E-state index < -0.39 is 30.0 Å². The molecule has 2 aromatic rings. The van der Waals surface area contributed by atoms with E-state index in [-0.39, 0.29) is 55.4 Å². The van der Waals surface area contributed by atoms with Gasteiger partial charge in [0.15, 0.2) is 11.6 Å². The predicted octanol–water partition coefficient (Wildman–Crippen LogP) is 7.68. The number of anilines is 1. The third-order valence-corrected chi connectivity index (χ3v) is 6.92. The number of nitrogens with zero attached hydrogens (tertiary/aromatic N) is 3. The van der Waals surface area contributed by atoms with Crippen molar-refractivity contribution in [3.63, 3.8) is 0 Å². The minimum absolute atomic E-state index is 0.0249. The fourth-order valence-corrected chi connectivity index (χ4v) is 4.56. The molecule has 0 radical (unpaired) electrons. The Balaban J connectivity index is 0.000000214. The van der Waals surface area contributed by atoms with Crippen LogP contribution in [0.4, 0.5) is 40.8 Å². The van der Waals surface area contributed by atoms with Crippen LogP contribution in [0.1, 0.15) is 25.7 Å². The molecule has 2 aromatic heterocycles. The highest BCUT2D eigenvalue weighted by Crippen LogP contribution is 2.36. The van der Waals surface area contributed by atoms with Crippen LogP contribution in [0.5, 0.6) is 0 Å². The second-order valence-corrected chi connectivity index (χ2v) is 10.2. The Morgan fingerprint density at radius 2 is 1.24 bits per heavy atom. The number of hydrogen-bond donors (Lipinski definition) is 1. The number of alkyl halides is 6. The van der Waals surface area contributed by atoms with Crippen molar-refractivity contribution in [1.29, 1.82) is 0 Å². The first kappa shape index (κ1) is 32.0. The first-order valence-corrected chi connectivity index (χ1v) is 12.9. The summed E-state index contributed by atoms with van der Waals surface area (Å²) in [5, 5.41) is 3.34. The summed E-state index contributed by atoms with van der Waals surface area (Å²) in [6, 6.07) is 2.81. The van der Waals surface area contributed by atoms with Crippen molar-refractivity contribution in [2.75, 3.05) is 31.1 Å². The molecule has 208 valence electrons. The molecule has 0 aromatic carbocycles. The molecule has 2 aliphatic heterocycles. The SMILES string of the molecule is FC(F)(F)C1CCNCC1.Fc1cnc(Cl)cc1I.Fc1cnc(Cl)cc1N1CCC(C(F)(F)F)CC1. The van der Waals surface area contributed by atoms with Crippen molar-refractivity contribution in [2.45, 2.75) is 38.0 Å². The second kappa shape index (κ2) is 14.3. The molecule has 0 saturated carbocycles. The van der Waals surface area contributed by atoms with Crippen molar-refractivity contribution in [3.05, 3.63) is 50.0 Å². The third kappa shape index (κ3) is 10.8. The molecule has 2 saturated heterocycles. The molecule has 15 heteroatoms. The van der Waals surface area contributed by atoms with Crippen LogP contribution in [0.2, 0.25) is 10.3 Å². The zero-order valence-corrected chi connectivity index (χ0v) is 22.8. The molecule has 2 fully saturated rings. The molecule has 4 nitrogen and oxygen atoms in total. The molecular formula is C22H23Cl2F8IN4. The van der Waals surface area contributed by atoms with Gasteiger partial charge >= 0.3 is 12.4 Å². The van der Waals surface area contributed by atoms with Crippen LogP contribution >= 0.6 is 45.8 Å². The van der Waals surface area contributed by atoms with E-state index in [1.165, 1.54) is 12.1 Å². The molecule has 2 aliphatic rings. The van der Waals surface area contributed by atoms with Gasteiger partial charge in [0.25, 0.3) is 0 Å². The Hall–Kier alpha value is -1.19. The lowest BCUT2D eigenvalue weighted by atomic mass is 9.96. The summed E-state index contributed by atoms with van der Waals surface area (Å²) in [5.41, 5.74) is 0.218. The number of rotatable bonds is 1. The molecule has 37 heavy (non-hydrogen) atoms. The number of piperidine rings is 2. The van der Waals surface area contributed by atoms with E-state index in [1.54, 1.807) is 4.90 Å². The van der Waals surface area contributed by atoms with Gasteiger partial charge in [-0.3, -0.25) is 0 Å². The first-order valence-electron chi connectivity index (χ1n) is 11.0. The average Bonchev–Trinajstić information content (AvgIpc) is 2.84. The molecule has 0 bridgehead atoms. The molecule has 0 spiro atoms. The van der Waals surface area contributed by atoms with Gasteiger partial charge in [0.1, 0.15) is 10.3 Å². The highest BCUT2D eigenvalue weighted by Gasteiger charge is 2.41. The summed E-state index contributed by atoms with van der Waals surface area (Å²) < 4.78 is 99.6. The van der Waals surface area contributed by atoms with Crippen LogP contribution < -0.4 is 10.2 Å². The standard InChI is InChI=1S/C11H11ClF4N2.C6H10F3N.C5H2ClFIN/c12-10-5-9(8(13)6-17-10)18-3-1-7(2-4-18)11(14,15)16;7-6(8,9)5-1-3-10-4-2-5;6-5-1-4(8)3(7)2-9-5/h5-7H,1-4H2;5,10H,1-4H2;1-2H. The Bertz CT molecular complexity index is 996. The van der Waals surface area contributed by atoms with Gasteiger partial charge in [0.05, 0.1) is 33.5 Å². The van der Waals surface area contributed by atoms with Gasteiger partial charge in [0.2, 0.25) is 0 Å². The fraction of sp³-hybridized carbons (Fsp3) is 0.545. The third-order valence-electron chi connectivity index (χ3n) is 5.68. The minimum atomic E-state index is -4.17. The van der Waals surface area contributed by atoms with E-state index >= 15 is 0 Å². The lowest BCUT2D eigenvalue weighted by molar-refractivity contribution is -0.180. The molecule has 4 rings (SSSR count). The lowest BCUT2D eigenvalue weighted by Gasteiger charge is -2.34. The molecular weight excluding hydrogens is 670 g/mol. The number of pyridine rings is 2. The fourth-order valence-electron chi connectivity index (χ4n) is 3.63. The monoisotopic (exact) mass is 692 g/mol. The van der Waals surface area contributed by atoms with Gasteiger partial charge in [-0.05, 0) is 67.4 Å². The zero-order valence-electron chi connectivity index (χ0n) is 19.1. The molecule has 0 aliphatic carbocycles. The zero-order chi connectivity index (χ0) is 27.8. The average molecular weight is 693 g/mol. The number of nitrogens with one attached hydrogen (secondary N) is 1. The van der Waals surface area contributed by atoms with Crippen LogP contribution in [0, 0.1) is 27.0 Å². The topological polar surface area (TPSA) is 41.1 Å². The minimum Gasteiger partial charge on any atom is -0.369 e. The number of halogens is 11. The largest absolute Gasteiger partial charge is 0.391 e. The van der Waals surface area contributed by atoms with Gasteiger partial charge in [-0.1, -0.05) is 23.2 Å². The molecule has 4 heterocycles. The van der Waals surface area contributed by atoms with E-state index in [1.807, 2.05) is 22.6 Å². The van der Waals surface area contributed by atoms with Crippen molar-refractivity contribution >= 4 is 51.5 Å². The summed E-state index contributed by atoms with van der Waals surface area (Å²) in [5.74, 6) is -3.26. The van der Waals surface area contributed by atoms with Crippen molar-refractivity contribution < 1.29 is 35.1 Å². The molecule has 0 atom stereocenters. The quantitative estimate of drug-likeness (QED) is 0.189. The number of hydrogen-bond acceptors (Lipinski definition) is 4. The summed E-state index contributed by atoms with van der Waals surface area (Å²) in [4.78, 5) is 8.67. The van der Waals surface area contributed by atoms with Crippen LogP contribution in [0.3, 0.4) is 0 Å². The molecule has 0 amide bonds. The maximum Gasteiger partial charge on any atom is 0.391 e. The van der Waals surface area contributed by atoms with Gasteiger partial charge < -0.3 is 10.2 Å². The van der Waals surface area contributed by atoms with Gasteiger partial charge in [-0.15, -0.1) is 0 Å². The van der Waals surface area contributed by atoms with E-state index in [9.17, 15) is 35.1 Å². The summed E-state index contributed by atoms with van der Waals surface area (Å²) >= 11 is 12.9. The van der Waals surface area contributed by atoms with Crippen LogP contribution in [-0.2, 0) is 0 Å². The predicted molar refractivity (Wildman–Crippen MR) is 134 cm³/mol. The summed E-state index contributed by atoms with van der Waals surface area (Å²) in [6.45, 7) is 1.34. The van der Waals surface area contributed by atoms with E-state index in [4.69, 9.17) is 23.2 Å². The maximum atomic E-state index is 13.5. The number of aromatic nitrogens is 2. The van der Waals surface area contributed by atoms with Crippen molar-refractivity contribution in [3.8, 4) is 0 Å². The maximum absolute atomic E-state index is 13.5. The first-order chi connectivity index (χ1) is 17.2. The molecule has 0 unspecified atom stereocenters. The summed E-state index contributed by atoms with van der Waals surface area (Å²) in [6.07, 6.45) is -5.63. The van der Waals surface area contributed by atoms with E-state index in [0.717, 1.165) is 12.4 Å². The highest BCUT2D eigenvalue weighted by atomic mass is 127. The lowest BCUT2D eigenvalue weighted by Crippen LogP contribution is -2.39. The van der Waals surface area contributed by atoms with Gasteiger partial charge in [0, 0.05) is 19.2 Å². The van der Waals surface area contributed by atoms with Gasteiger partial charge in [-0.2, -0.15) is 26.3 Å². The van der Waals surface area contributed by atoms with Crippen molar-refractivity contribution in [1.82, 2.24) is 15.3 Å². The van der Waals surface area contributed by atoms with E-state index in [2.05, 4.69) is 15.3 Å². The van der Waals surface area contributed by atoms with E-state index in [0.29, 0.717) is 21.8 Å². The second-order valence-electron chi connectivity index (χ2n) is 8.25. The Kier molecular flexibility index (Phi) is 12.3. The smallest absolute Gasteiger partial charge is 0.369 e.